The van der Waals surface area contributed by atoms with E-state index < -0.39 is 0 Å². The molecule has 2 N–H and O–H groups in total. The van der Waals surface area contributed by atoms with E-state index in [0.29, 0.717) is 11.7 Å². The van der Waals surface area contributed by atoms with E-state index in [1.165, 1.54) is 4.88 Å². The summed E-state index contributed by atoms with van der Waals surface area (Å²) in [7, 11) is 0. The summed E-state index contributed by atoms with van der Waals surface area (Å²) in [5, 5.41) is 8.19. The third kappa shape index (κ3) is 5.61. The molecule has 22 heavy (non-hydrogen) atoms. The highest BCUT2D eigenvalue weighted by molar-refractivity contribution is 7.11. The van der Waals surface area contributed by atoms with Gasteiger partial charge in [0.15, 0.2) is 5.96 Å². The summed E-state index contributed by atoms with van der Waals surface area (Å²) in [5.41, 5.74) is 1.03. The third-order valence-electron chi connectivity index (χ3n) is 2.85. The number of halogens is 1. The largest absolute Gasteiger partial charge is 0.357 e. The molecule has 0 unspecified atom stereocenters. The van der Waals surface area contributed by atoms with Gasteiger partial charge in [0.25, 0.3) is 0 Å². The van der Waals surface area contributed by atoms with Gasteiger partial charge in [-0.2, -0.15) is 0 Å². The Labute approximate surface area is 139 Å². The molecule has 0 saturated heterocycles. The molecule has 0 spiro atoms. The lowest BCUT2D eigenvalue weighted by atomic mass is 10.3. The lowest BCUT2D eigenvalue weighted by molar-refractivity contribution is 0.796. The molecule has 118 valence electrons. The minimum absolute atomic E-state index is 0.497. The maximum Gasteiger partial charge on any atom is 0.191 e. The van der Waals surface area contributed by atoms with Crippen LogP contribution in [0.4, 0.5) is 0 Å². The number of aryl methyl sites for hydroxylation is 1. The van der Waals surface area contributed by atoms with Crippen LogP contribution in [0.15, 0.2) is 29.5 Å². The summed E-state index contributed by atoms with van der Waals surface area (Å²) in [6, 6.07) is 3.71. The number of thiazole rings is 1. The molecule has 0 radical (unpaired) electrons. The van der Waals surface area contributed by atoms with E-state index in [-0.39, 0.29) is 0 Å². The van der Waals surface area contributed by atoms with E-state index >= 15 is 0 Å². The van der Waals surface area contributed by atoms with Crippen LogP contribution in [0.1, 0.15) is 22.4 Å². The van der Waals surface area contributed by atoms with Gasteiger partial charge in [0.2, 0.25) is 0 Å². The predicted molar refractivity (Wildman–Crippen MR) is 92.6 cm³/mol. The molecular weight excluding hydrogens is 318 g/mol. The highest BCUT2D eigenvalue weighted by Gasteiger charge is 2.01. The van der Waals surface area contributed by atoms with Crippen molar-refractivity contribution in [3.8, 4) is 0 Å². The van der Waals surface area contributed by atoms with Gasteiger partial charge in [0.1, 0.15) is 5.15 Å². The van der Waals surface area contributed by atoms with E-state index in [0.717, 1.165) is 36.0 Å². The van der Waals surface area contributed by atoms with Crippen molar-refractivity contribution in [3.63, 3.8) is 0 Å². The summed E-state index contributed by atoms with van der Waals surface area (Å²) in [4.78, 5) is 14.2. The number of pyridine rings is 1. The molecule has 0 aliphatic heterocycles. The molecule has 2 heterocycles. The number of nitrogens with zero attached hydrogens (tertiary/aromatic N) is 3. The van der Waals surface area contributed by atoms with Crippen molar-refractivity contribution in [2.75, 3.05) is 13.1 Å². The van der Waals surface area contributed by atoms with Crippen molar-refractivity contribution in [2.45, 2.75) is 26.8 Å². The normalized spacial score (nSPS) is 11.5. The molecule has 0 aliphatic carbocycles. The maximum absolute atomic E-state index is 5.78. The standard InChI is InChI=1S/C15H20ClN5S/c1-3-17-15(18-7-6-14-20-8-11(2)22-14)21-10-12-4-5-13(16)19-9-12/h4-5,8-9H,3,6-7,10H2,1-2H3,(H2,17,18,21). The van der Waals surface area contributed by atoms with Gasteiger partial charge in [0, 0.05) is 36.8 Å². The van der Waals surface area contributed by atoms with Gasteiger partial charge in [-0.05, 0) is 25.5 Å². The minimum atomic E-state index is 0.497. The summed E-state index contributed by atoms with van der Waals surface area (Å²) in [5.74, 6) is 0.797. The summed E-state index contributed by atoms with van der Waals surface area (Å²) >= 11 is 7.51. The second kappa shape index (κ2) is 8.70. The first-order valence-corrected chi connectivity index (χ1v) is 8.40. The number of guanidine groups is 1. The van der Waals surface area contributed by atoms with Crippen LogP contribution >= 0.6 is 22.9 Å². The molecule has 5 nitrogen and oxygen atoms in total. The predicted octanol–water partition coefficient (Wildman–Crippen LogP) is 2.80. The molecule has 0 fully saturated rings. The summed E-state index contributed by atoms with van der Waals surface area (Å²) in [6.45, 7) is 6.31. The van der Waals surface area contributed by atoms with E-state index in [2.05, 4.69) is 32.5 Å². The lowest BCUT2D eigenvalue weighted by Gasteiger charge is -2.10. The van der Waals surface area contributed by atoms with E-state index in [4.69, 9.17) is 11.6 Å². The molecule has 2 rings (SSSR count). The van der Waals surface area contributed by atoms with Crippen LogP contribution in [0, 0.1) is 6.92 Å². The average molecular weight is 338 g/mol. The van der Waals surface area contributed by atoms with Crippen LogP contribution in [-0.2, 0) is 13.0 Å². The Morgan fingerprint density at radius 1 is 1.27 bits per heavy atom. The summed E-state index contributed by atoms with van der Waals surface area (Å²) in [6.07, 6.45) is 4.55. The molecule has 0 aromatic carbocycles. The quantitative estimate of drug-likeness (QED) is 0.483. The number of hydrogen-bond acceptors (Lipinski definition) is 4. The fourth-order valence-corrected chi connectivity index (χ4v) is 2.72. The zero-order valence-corrected chi connectivity index (χ0v) is 14.3. The number of aromatic nitrogens is 2. The first-order chi connectivity index (χ1) is 10.7. The zero-order chi connectivity index (χ0) is 15.8. The van der Waals surface area contributed by atoms with Crippen molar-refractivity contribution in [1.82, 2.24) is 20.6 Å². The van der Waals surface area contributed by atoms with Crippen molar-refractivity contribution in [2.24, 2.45) is 4.99 Å². The summed E-state index contributed by atoms with van der Waals surface area (Å²) < 4.78 is 0. The van der Waals surface area contributed by atoms with Crippen LogP contribution in [0.3, 0.4) is 0 Å². The van der Waals surface area contributed by atoms with Crippen LogP contribution < -0.4 is 10.6 Å². The van der Waals surface area contributed by atoms with Crippen LogP contribution in [0.5, 0.6) is 0 Å². The Morgan fingerprint density at radius 2 is 2.14 bits per heavy atom. The Balaban J connectivity index is 1.85. The van der Waals surface area contributed by atoms with Crippen molar-refractivity contribution >= 4 is 28.9 Å². The topological polar surface area (TPSA) is 62.2 Å². The molecule has 0 atom stereocenters. The van der Waals surface area contributed by atoms with Crippen LogP contribution in [0.2, 0.25) is 5.15 Å². The van der Waals surface area contributed by atoms with Crippen molar-refractivity contribution in [1.29, 1.82) is 0 Å². The fourth-order valence-electron chi connectivity index (χ4n) is 1.82. The monoisotopic (exact) mass is 337 g/mol. The second-order valence-corrected chi connectivity index (χ2v) is 6.43. The SMILES string of the molecule is CCNC(=NCc1ccc(Cl)nc1)NCCc1ncc(C)s1. The van der Waals surface area contributed by atoms with E-state index in [1.807, 2.05) is 19.2 Å². The van der Waals surface area contributed by atoms with Gasteiger partial charge in [-0.3, -0.25) is 0 Å². The molecule has 7 heteroatoms. The Morgan fingerprint density at radius 3 is 2.77 bits per heavy atom. The van der Waals surface area contributed by atoms with Gasteiger partial charge in [-0.15, -0.1) is 11.3 Å². The van der Waals surface area contributed by atoms with Crippen LogP contribution in [-0.4, -0.2) is 29.0 Å². The number of rotatable bonds is 6. The fraction of sp³-hybridized carbons (Fsp3) is 0.400. The van der Waals surface area contributed by atoms with Gasteiger partial charge < -0.3 is 10.6 Å². The molecule has 0 amide bonds. The average Bonchev–Trinajstić information content (AvgIpc) is 2.92. The molecule has 0 saturated carbocycles. The zero-order valence-electron chi connectivity index (χ0n) is 12.8. The Hall–Kier alpha value is -1.66. The third-order valence-corrected chi connectivity index (χ3v) is 4.05. The number of aliphatic imine (C=N–C) groups is 1. The maximum atomic E-state index is 5.78. The van der Waals surface area contributed by atoms with Crippen LogP contribution in [0.25, 0.3) is 0 Å². The van der Waals surface area contributed by atoms with Gasteiger partial charge in [0.05, 0.1) is 11.6 Å². The molecule has 2 aromatic rings. The molecular formula is C15H20ClN5S. The molecule has 0 bridgehead atoms. The number of nitrogens with one attached hydrogen (secondary N) is 2. The first-order valence-electron chi connectivity index (χ1n) is 7.21. The smallest absolute Gasteiger partial charge is 0.191 e. The molecule has 2 aromatic heterocycles. The minimum Gasteiger partial charge on any atom is -0.357 e. The van der Waals surface area contributed by atoms with Gasteiger partial charge >= 0.3 is 0 Å². The Kier molecular flexibility index (Phi) is 6.61. The van der Waals surface area contributed by atoms with Gasteiger partial charge in [-0.1, -0.05) is 17.7 Å². The first kappa shape index (κ1) is 16.7. The highest BCUT2D eigenvalue weighted by Crippen LogP contribution is 2.11. The van der Waals surface area contributed by atoms with Gasteiger partial charge in [-0.25, -0.2) is 15.0 Å². The van der Waals surface area contributed by atoms with Crippen molar-refractivity contribution in [3.05, 3.63) is 45.1 Å². The lowest BCUT2D eigenvalue weighted by Crippen LogP contribution is -2.38. The van der Waals surface area contributed by atoms with E-state index in [1.54, 1.807) is 23.6 Å². The number of hydrogen-bond donors (Lipinski definition) is 2. The Bertz CT molecular complexity index is 609. The molecule has 0 aliphatic rings. The van der Waals surface area contributed by atoms with E-state index in [9.17, 15) is 0 Å². The highest BCUT2D eigenvalue weighted by atomic mass is 35.5. The van der Waals surface area contributed by atoms with Crippen molar-refractivity contribution < 1.29 is 0 Å². The second-order valence-electron chi connectivity index (χ2n) is 4.73.